The van der Waals surface area contributed by atoms with Gasteiger partial charge >= 0.3 is 0 Å². The topological polar surface area (TPSA) is 96.9 Å². The maximum absolute atomic E-state index is 8.52. The van der Waals surface area contributed by atoms with Gasteiger partial charge in [0.05, 0.1) is 13.6 Å². The summed E-state index contributed by atoms with van der Waals surface area (Å²) >= 11 is 0. The SMILES string of the molecule is CC[NH2+]C.O=S(=O)([O-])[O-]. The van der Waals surface area contributed by atoms with Gasteiger partial charge in [0.1, 0.15) is 0 Å². The molecule has 0 amide bonds. The molecular weight excluding hydrogens is 146 g/mol. The molecule has 0 aromatic heterocycles. The first-order valence-corrected chi connectivity index (χ1v) is 3.69. The van der Waals surface area contributed by atoms with Crippen LogP contribution in [-0.2, 0) is 10.4 Å². The van der Waals surface area contributed by atoms with Crippen molar-refractivity contribution in [2.24, 2.45) is 0 Å². The predicted octanol–water partition coefficient (Wildman–Crippen LogP) is -2.14. The molecule has 0 bridgehead atoms. The van der Waals surface area contributed by atoms with Crippen LogP contribution in [0.3, 0.4) is 0 Å². The molecule has 0 spiro atoms. The molecule has 0 fully saturated rings. The quantitative estimate of drug-likeness (QED) is 0.346. The average Bonchev–Trinajstić information content (AvgIpc) is 1.61. The molecule has 0 radical (unpaired) electrons. The molecule has 0 aliphatic heterocycles. The van der Waals surface area contributed by atoms with Crippen molar-refractivity contribution in [1.82, 2.24) is 0 Å². The highest BCUT2D eigenvalue weighted by molar-refractivity contribution is 7.79. The summed E-state index contributed by atoms with van der Waals surface area (Å²) in [7, 11) is -3.11. The van der Waals surface area contributed by atoms with E-state index in [0.29, 0.717) is 0 Å². The molecule has 0 aromatic rings. The van der Waals surface area contributed by atoms with E-state index in [1.807, 2.05) is 0 Å². The summed E-state index contributed by atoms with van der Waals surface area (Å²) in [6, 6.07) is 0. The Morgan fingerprint density at radius 3 is 1.56 bits per heavy atom. The van der Waals surface area contributed by atoms with E-state index in [9.17, 15) is 0 Å². The van der Waals surface area contributed by atoms with Crippen LogP contribution in [0, 0.1) is 0 Å². The second-order valence-corrected chi connectivity index (χ2v) is 2.04. The van der Waals surface area contributed by atoms with Gasteiger partial charge in [-0.25, -0.2) is 0 Å². The lowest BCUT2D eigenvalue weighted by Gasteiger charge is -2.06. The molecule has 0 aromatic carbocycles. The summed E-state index contributed by atoms with van der Waals surface area (Å²) in [5.41, 5.74) is 0. The van der Waals surface area contributed by atoms with E-state index in [2.05, 4.69) is 19.3 Å². The Bertz CT molecular complexity index is 119. The molecule has 58 valence electrons. The number of rotatable bonds is 1. The van der Waals surface area contributed by atoms with Gasteiger partial charge < -0.3 is 14.4 Å². The highest BCUT2D eigenvalue weighted by Gasteiger charge is 1.54. The fraction of sp³-hybridized carbons (Fsp3) is 1.00. The standard InChI is InChI=1S/C3H9N.H2O4S/c1-3-4-2;1-5(2,3)4/h4H,3H2,1-2H3;(H2,1,2,3,4)/p-1. The molecule has 6 heteroatoms. The lowest BCUT2D eigenvalue weighted by atomic mass is 10.8. The largest absolute Gasteiger partial charge is 0.759 e. The van der Waals surface area contributed by atoms with E-state index in [0.717, 1.165) is 0 Å². The first-order chi connectivity index (χ1) is 3.91. The lowest BCUT2D eigenvalue weighted by Crippen LogP contribution is -2.78. The third-order valence-corrected chi connectivity index (χ3v) is 0.408. The van der Waals surface area contributed by atoms with E-state index in [4.69, 9.17) is 17.5 Å². The molecular formula is C3H10NO4S-. The minimum atomic E-state index is -5.17. The van der Waals surface area contributed by atoms with E-state index in [1.165, 1.54) is 6.54 Å². The Balaban J connectivity index is 0. The number of hydrogen-bond donors (Lipinski definition) is 1. The van der Waals surface area contributed by atoms with Crippen molar-refractivity contribution in [3.05, 3.63) is 0 Å². The molecule has 0 aliphatic carbocycles. The zero-order valence-corrected chi connectivity index (χ0v) is 6.14. The average molecular weight is 156 g/mol. The molecule has 0 atom stereocenters. The van der Waals surface area contributed by atoms with Crippen LogP contribution in [0.5, 0.6) is 0 Å². The zero-order valence-electron chi connectivity index (χ0n) is 5.33. The first-order valence-electron chi connectivity index (χ1n) is 2.36. The molecule has 0 saturated heterocycles. The Labute approximate surface area is 54.7 Å². The van der Waals surface area contributed by atoms with Crippen LogP contribution < -0.4 is 5.32 Å². The zero-order chi connectivity index (χ0) is 7.91. The van der Waals surface area contributed by atoms with Crippen LogP contribution in [0.25, 0.3) is 0 Å². The van der Waals surface area contributed by atoms with Crippen molar-refractivity contribution in [2.45, 2.75) is 6.92 Å². The highest BCUT2D eigenvalue weighted by Crippen LogP contribution is 1.57. The molecule has 2 N–H and O–H groups in total. The smallest absolute Gasteiger partial charge is 0.0724 e. The molecule has 0 unspecified atom stereocenters. The predicted molar refractivity (Wildman–Crippen MR) is 28.9 cm³/mol. The minimum Gasteiger partial charge on any atom is -0.759 e. The molecule has 0 rings (SSSR count). The van der Waals surface area contributed by atoms with Crippen molar-refractivity contribution in [3.8, 4) is 0 Å². The summed E-state index contributed by atoms with van der Waals surface area (Å²) < 4.78 is 34.1. The first kappa shape index (κ1) is 11.6. The number of nitrogens with two attached hydrogens (primary N) is 1. The monoisotopic (exact) mass is 156 g/mol. The number of quaternary nitrogens is 1. The highest BCUT2D eigenvalue weighted by atomic mass is 32.3. The Hall–Kier alpha value is -0.170. The molecule has 9 heavy (non-hydrogen) atoms. The summed E-state index contributed by atoms with van der Waals surface area (Å²) in [6.45, 7) is 3.32. The van der Waals surface area contributed by atoms with Crippen LogP contribution in [0.1, 0.15) is 6.92 Å². The third kappa shape index (κ3) is 386. The Morgan fingerprint density at radius 1 is 1.44 bits per heavy atom. The van der Waals surface area contributed by atoms with Gasteiger partial charge in [-0.15, -0.1) is 0 Å². The van der Waals surface area contributed by atoms with Crippen LogP contribution in [0.4, 0.5) is 0 Å². The summed E-state index contributed by atoms with van der Waals surface area (Å²) in [5.74, 6) is 0. The van der Waals surface area contributed by atoms with Gasteiger partial charge in [0.2, 0.25) is 0 Å². The maximum Gasteiger partial charge on any atom is 0.0724 e. The van der Waals surface area contributed by atoms with Gasteiger partial charge in [0, 0.05) is 10.4 Å². The maximum atomic E-state index is 8.52. The summed E-state index contributed by atoms with van der Waals surface area (Å²) in [4.78, 5) is 0. The van der Waals surface area contributed by atoms with Crippen LogP contribution in [0.15, 0.2) is 0 Å². The van der Waals surface area contributed by atoms with Gasteiger partial charge in [-0.3, -0.25) is 8.42 Å². The van der Waals surface area contributed by atoms with Gasteiger partial charge in [-0.2, -0.15) is 0 Å². The second-order valence-electron chi connectivity index (χ2n) is 1.22. The van der Waals surface area contributed by atoms with Crippen molar-refractivity contribution in [1.29, 1.82) is 0 Å². The minimum absolute atomic E-state index is 1.19. The van der Waals surface area contributed by atoms with Crippen molar-refractivity contribution < 1.29 is 22.8 Å². The van der Waals surface area contributed by atoms with E-state index >= 15 is 0 Å². The molecule has 0 heterocycles. The van der Waals surface area contributed by atoms with Crippen molar-refractivity contribution in [2.75, 3.05) is 13.6 Å². The second kappa shape index (κ2) is 5.96. The fourth-order valence-electron chi connectivity index (χ4n) is 0. The van der Waals surface area contributed by atoms with Crippen molar-refractivity contribution >= 4 is 10.4 Å². The van der Waals surface area contributed by atoms with Crippen LogP contribution in [0.2, 0.25) is 0 Å². The molecule has 0 saturated carbocycles. The molecule has 0 aliphatic rings. The molecule has 5 nitrogen and oxygen atoms in total. The van der Waals surface area contributed by atoms with Gasteiger partial charge in [-0.1, -0.05) is 0 Å². The van der Waals surface area contributed by atoms with E-state index in [-0.39, 0.29) is 0 Å². The normalized spacial score (nSPS) is 9.78. The lowest BCUT2D eigenvalue weighted by molar-refractivity contribution is -0.623. The van der Waals surface area contributed by atoms with Crippen LogP contribution >= 0.6 is 0 Å². The van der Waals surface area contributed by atoms with Gasteiger partial charge in [-0.05, 0) is 6.92 Å². The summed E-state index contributed by atoms with van der Waals surface area (Å²) in [6.07, 6.45) is 0. The van der Waals surface area contributed by atoms with E-state index < -0.39 is 10.4 Å². The van der Waals surface area contributed by atoms with E-state index in [1.54, 1.807) is 0 Å². The van der Waals surface area contributed by atoms with Gasteiger partial charge in [0.25, 0.3) is 0 Å². The Kier molecular flexibility index (Phi) is 7.68. The van der Waals surface area contributed by atoms with Gasteiger partial charge in [0.15, 0.2) is 0 Å². The van der Waals surface area contributed by atoms with Crippen molar-refractivity contribution in [3.63, 3.8) is 0 Å². The fourth-order valence-corrected chi connectivity index (χ4v) is 0. The summed E-state index contributed by atoms with van der Waals surface area (Å²) in [5, 5.41) is 2.12. The third-order valence-electron chi connectivity index (χ3n) is 0.408. The van der Waals surface area contributed by atoms with Crippen LogP contribution in [-0.4, -0.2) is 31.1 Å². The number of hydrogen-bond acceptors (Lipinski definition) is 4. The Morgan fingerprint density at radius 2 is 1.56 bits per heavy atom.